The molecule has 3 aliphatic carbocycles. The minimum absolute atomic E-state index is 0.353. The lowest BCUT2D eigenvalue weighted by molar-refractivity contribution is -0.306. The van der Waals surface area contributed by atoms with Crippen molar-refractivity contribution >= 4 is 0 Å². The first kappa shape index (κ1) is 21.8. The summed E-state index contributed by atoms with van der Waals surface area (Å²) in [5.74, 6) is 0.0722. The molecule has 0 aromatic carbocycles. The molecule has 3 fully saturated rings. The molecule has 0 bridgehead atoms. The van der Waals surface area contributed by atoms with Crippen molar-refractivity contribution in [3.05, 3.63) is 11.8 Å². The van der Waals surface area contributed by atoms with Gasteiger partial charge in [0.25, 0.3) is 0 Å². The lowest BCUT2D eigenvalue weighted by atomic mass is 9.70. The van der Waals surface area contributed by atoms with Crippen LogP contribution in [0.2, 0.25) is 0 Å². The molecule has 3 saturated carbocycles. The molecule has 3 aliphatic rings. The average molecular weight is 410 g/mol. The first-order valence-electron chi connectivity index (χ1n) is 10.5. The number of ether oxygens (including phenoxy) is 2. The van der Waals surface area contributed by atoms with Crippen LogP contribution in [0.4, 0.5) is 22.0 Å². The Morgan fingerprint density at radius 1 is 0.857 bits per heavy atom. The van der Waals surface area contributed by atoms with Crippen LogP contribution < -0.4 is 0 Å². The Hall–Kier alpha value is -0.850. The van der Waals surface area contributed by atoms with Crippen LogP contribution in [-0.4, -0.2) is 37.8 Å². The van der Waals surface area contributed by atoms with E-state index in [1.807, 2.05) is 6.26 Å². The maximum absolute atomic E-state index is 14.6. The van der Waals surface area contributed by atoms with E-state index in [1.165, 1.54) is 5.57 Å². The number of hydrogen-bond donors (Lipinski definition) is 0. The first-order chi connectivity index (χ1) is 13.3. The highest BCUT2D eigenvalue weighted by atomic mass is 19.3. The van der Waals surface area contributed by atoms with Gasteiger partial charge in [-0.05, 0) is 68.8 Å². The molecule has 0 heterocycles. The molecule has 0 N–H and O–H groups in total. The van der Waals surface area contributed by atoms with E-state index in [0.717, 1.165) is 38.5 Å². The predicted octanol–water partition coefficient (Wildman–Crippen LogP) is 6.30. The summed E-state index contributed by atoms with van der Waals surface area (Å²) < 4.78 is 79.2. The number of hydrogen-bond acceptors (Lipinski definition) is 2. The van der Waals surface area contributed by atoms with Gasteiger partial charge in [-0.3, -0.25) is 0 Å². The van der Waals surface area contributed by atoms with Gasteiger partial charge in [0.15, 0.2) is 6.17 Å². The van der Waals surface area contributed by atoms with Gasteiger partial charge in [0.05, 0.1) is 25.4 Å². The van der Waals surface area contributed by atoms with Crippen molar-refractivity contribution in [2.45, 2.75) is 94.9 Å². The van der Waals surface area contributed by atoms with Crippen molar-refractivity contribution in [1.29, 1.82) is 0 Å². The zero-order valence-electron chi connectivity index (χ0n) is 16.4. The van der Waals surface area contributed by atoms with E-state index < -0.39 is 49.5 Å². The van der Waals surface area contributed by atoms with E-state index in [0.29, 0.717) is 24.7 Å². The van der Waals surface area contributed by atoms with Crippen LogP contribution in [0.15, 0.2) is 11.8 Å². The van der Waals surface area contributed by atoms with E-state index in [-0.39, 0.29) is 0 Å². The Balaban J connectivity index is 1.46. The summed E-state index contributed by atoms with van der Waals surface area (Å²) in [5.41, 5.74) is 1.31. The van der Waals surface area contributed by atoms with E-state index >= 15 is 0 Å². The molecule has 2 atom stereocenters. The summed E-state index contributed by atoms with van der Waals surface area (Å²) in [4.78, 5) is 0. The number of halogens is 5. The highest BCUT2D eigenvalue weighted by molar-refractivity contribution is 5.02. The van der Waals surface area contributed by atoms with Crippen molar-refractivity contribution < 1.29 is 31.4 Å². The summed E-state index contributed by atoms with van der Waals surface area (Å²) in [6.07, 6.45) is -3.98. The Labute approximate surface area is 163 Å². The second-order valence-corrected chi connectivity index (χ2v) is 8.71. The topological polar surface area (TPSA) is 18.5 Å². The Morgan fingerprint density at radius 2 is 1.39 bits per heavy atom. The number of allylic oxidation sites excluding steroid dienone is 1. The summed E-state index contributed by atoms with van der Waals surface area (Å²) in [6.45, 7) is 0. The molecule has 7 heteroatoms. The maximum atomic E-state index is 14.6. The van der Waals surface area contributed by atoms with Crippen LogP contribution in [0.5, 0.6) is 0 Å². The number of methoxy groups -OCH3 is 1. The molecule has 162 valence electrons. The average Bonchev–Trinajstić information content (AvgIpc) is 2.67. The molecule has 0 aromatic heterocycles. The number of alkyl halides is 5. The van der Waals surface area contributed by atoms with Crippen LogP contribution in [0.1, 0.15) is 64.2 Å². The van der Waals surface area contributed by atoms with E-state index in [1.54, 1.807) is 7.11 Å². The fourth-order valence-electron chi connectivity index (χ4n) is 5.19. The van der Waals surface area contributed by atoms with Crippen molar-refractivity contribution in [3.63, 3.8) is 0 Å². The van der Waals surface area contributed by atoms with Gasteiger partial charge in [0.2, 0.25) is 0 Å². The molecular weight excluding hydrogens is 379 g/mol. The molecule has 2 nitrogen and oxygen atoms in total. The van der Waals surface area contributed by atoms with Gasteiger partial charge in [0, 0.05) is 12.8 Å². The van der Waals surface area contributed by atoms with Crippen molar-refractivity contribution in [1.82, 2.24) is 0 Å². The molecule has 0 amide bonds. The van der Waals surface area contributed by atoms with Crippen molar-refractivity contribution in [2.75, 3.05) is 7.11 Å². The molecule has 2 unspecified atom stereocenters. The number of rotatable bonds is 5. The lowest BCUT2D eigenvalue weighted by Crippen LogP contribution is -2.45. The van der Waals surface area contributed by atoms with E-state index in [2.05, 4.69) is 0 Å². The maximum Gasteiger partial charge on any atom is 0.358 e. The van der Waals surface area contributed by atoms with Gasteiger partial charge < -0.3 is 9.47 Å². The molecule has 0 aromatic rings. The summed E-state index contributed by atoms with van der Waals surface area (Å²) in [5, 5.41) is 0. The third-order valence-electron chi connectivity index (χ3n) is 6.86. The second-order valence-electron chi connectivity index (χ2n) is 8.71. The first-order valence-corrected chi connectivity index (χ1v) is 10.5. The molecule has 28 heavy (non-hydrogen) atoms. The summed E-state index contributed by atoms with van der Waals surface area (Å²) in [7, 11) is 1.65. The molecule has 0 radical (unpaired) electrons. The van der Waals surface area contributed by atoms with Gasteiger partial charge in [-0.1, -0.05) is 0 Å². The molecule has 0 saturated heterocycles. The predicted molar refractivity (Wildman–Crippen MR) is 96.2 cm³/mol. The highest BCUT2D eigenvalue weighted by Gasteiger charge is 2.48. The summed E-state index contributed by atoms with van der Waals surface area (Å²) >= 11 is 0. The normalized spacial score (nSPS) is 40.2. The third-order valence-corrected chi connectivity index (χ3v) is 6.86. The van der Waals surface area contributed by atoms with E-state index in [9.17, 15) is 22.0 Å². The Bertz CT molecular complexity index is 511. The smallest absolute Gasteiger partial charge is 0.358 e. The van der Waals surface area contributed by atoms with Gasteiger partial charge >= 0.3 is 6.11 Å². The zero-order valence-corrected chi connectivity index (χ0v) is 16.4. The van der Waals surface area contributed by atoms with Gasteiger partial charge in [0.1, 0.15) is 12.3 Å². The highest BCUT2D eigenvalue weighted by Crippen LogP contribution is 2.46. The van der Waals surface area contributed by atoms with Crippen molar-refractivity contribution in [3.8, 4) is 0 Å². The Kier molecular flexibility index (Phi) is 7.26. The van der Waals surface area contributed by atoms with Gasteiger partial charge in [-0.15, -0.1) is 0 Å². The van der Waals surface area contributed by atoms with Crippen LogP contribution in [0.3, 0.4) is 0 Å². The minimum Gasteiger partial charge on any atom is -0.504 e. The van der Waals surface area contributed by atoms with Crippen LogP contribution in [0.25, 0.3) is 0 Å². The van der Waals surface area contributed by atoms with Gasteiger partial charge in [-0.25, -0.2) is 13.2 Å². The fourth-order valence-corrected chi connectivity index (χ4v) is 5.19. The molecule has 0 aliphatic heterocycles. The fraction of sp³-hybridized carbons (Fsp3) is 0.905. The monoisotopic (exact) mass is 410 g/mol. The Morgan fingerprint density at radius 3 is 1.93 bits per heavy atom. The zero-order chi connectivity index (χ0) is 20.3. The van der Waals surface area contributed by atoms with Crippen molar-refractivity contribution in [2.24, 2.45) is 17.8 Å². The third kappa shape index (κ3) is 5.19. The summed E-state index contributed by atoms with van der Waals surface area (Å²) in [6, 6.07) is 0. The molecular formula is C21H31F5O2. The SMILES string of the molecule is COC=C1CCC(C2CCC(C(F)(F)OC3CC(F)C(F)C(F)C3)CC2)CC1. The standard InChI is InChI=1S/C21H31F5O2/c1-27-12-13-2-4-14(5-3-13)15-6-8-16(9-7-15)21(25,26)28-17-10-18(22)20(24)19(23)11-17/h12,14-20H,2-11H2,1H3. The minimum atomic E-state index is -3.42. The molecule has 3 rings (SSSR count). The van der Waals surface area contributed by atoms with Crippen LogP contribution in [0, 0.1) is 17.8 Å². The van der Waals surface area contributed by atoms with E-state index in [4.69, 9.17) is 9.47 Å². The quantitative estimate of drug-likeness (QED) is 0.391. The molecule has 0 spiro atoms. The lowest BCUT2D eigenvalue weighted by Gasteiger charge is -2.40. The largest absolute Gasteiger partial charge is 0.504 e. The second kappa shape index (κ2) is 9.31. The van der Waals surface area contributed by atoms with Crippen LogP contribution >= 0.6 is 0 Å². The van der Waals surface area contributed by atoms with Gasteiger partial charge in [-0.2, -0.15) is 8.78 Å². The van der Waals surface area contributed by atoms with Crippen LogP contribution in [-0.2, 0) is 9.47 Å².